The Hall–Kier alpha value is -2.66. The van der Waals surface area contributed by atoms with Crippen LogP contribution in [0, 0.1) is 6.92 Å². The van der Waals surface area contributed by atoms with Crippen LogP contribution in [0.4, 0.5) is 0 Å². The number of hydrogen-bond donors (Lipinski definition) is 0. The van der Waals surface area contributed by atoms with Gasteiger partial charge in [-0.1, -0.05) is 42.5 Å². The van der Waals surface area contributed by atoms with E-state index in [1.807, 2.05) is 49.4 Å². The summed E-state index contributed by atoms with van der Waals surface area (Å²) < 4.78 is 11.0. The van der Waals surface area contributed by atoms with Crippen LogP contribution >= 0.6 is 0 Å². The number of rotatable bonds is 6. The third-order valence-corrected chi connectivity index (χ3v) is 4.73. The SMILES string of the molecule is CCN(C/C=C/c1ccccc1)C(=O)c1c(C)cc(C2CCCO2)oc1=O. The molecule has 0 spiro atoms. The molecule has 27 heavy (non-hydrogen) atoms. The fraction of sp³-hybridized carbons (Fsp3) is 0.364. The monoisotopic (exact) mass is 367 g/mol. The highest BCUT2D eigenvalue weighted by atomic mass is 16.5. The van der Waals surface area contributed by atoms with Crippen LogP contribution in [0.1, 0.15) is 53.1 Å². The number of likely N-dealkylation sites (N-methyl/N-ethyl adjacent to an activating group) is 1. The second-order valence-electron chi connectivity index (χ2n) is 6.65. The fourth-order valence-electron chi connectivity index (χ4n) is 3.24. The molecular formula is C22H25NO4. The van der Waals surface area contributed by atoms with Gasteiger partial charge in [-0.15, -0.1) is 0 Å². The first-order valence-electron chi connectivity index (χ1n) is 9.37. The Kier molecular flexibility index (Phi) is 6.24. The maximum atomic E-state index is 12.9. The highest BCUT2D eigenvalue weighted by molar-refractivity contribution is 5.95. The Labute approximate surface area is 159 Å². The van der Waals surface area contributed by atoms with Crippen molar-refractivity contribution in [2.24, 2.45) is 0 Å². The summed E-state index contributed by atoms with van der Waals surface area (Å²) in [5, 5.41) is 0. The Bertz CT molecular complexity index is 864. The lowest BCUT2D eigenvalue weighted by Crippen LogP contribution is -2.35. The van der Waals surface area contributed by atoms with E-state index < -0.39 is 5.63 Å². The van der Waals surface area contributed by atoms with Crippen molar-refractivity contribution in [2.75, 3.05) is 19.7 Å². The minimum Gasteiger partial charge on any atom is -0.424 e. The lowest BCUT2D eigenvalue weighted by atomic mass is 10.1. The number of nitrogens with zero attached hydrogens (tertiary/aromatic N) is 1. The molecule has 3 rings (SSSR count). The molecule has 0 N–H and O–H groups in total. The van der Waals surface area contributed by atoms with Gasteiger partial charge in [0.05, 0.1) is 0 Å². The molecular weight excluding hydrogens is 342 g/mol. The predicted molar refractivity (Wildman–Crippen MR) is 105 cm³/mol. The topological polar surface area (TPSA) is 59.8 Å². The molecule has 1 unspecified atom stereocenters. The van der Waals surface area contributed by atoms with Crippen molar-refractivity contribution in [3.8, 4) is 0 Å². The molecule has 2 aromatic rings. The molecule has 0 aliphatic carbocycles. The molecule has 1 aliphatic heterocycles. The highest BCUT2D eigenvalue weighted by Gasteiger charge is 2.25. The van der Waals surface area contributed by atoms with Gasteiger partial charge in [0, 0.05) is 19.7 Å². The first-order valence-corrected chi connectivity index (χ1v) is 9.37. The molecule has 1 fully saturated rings. The van der Waals surface area contributed by atoms with Gasteiger partial charge in [-0.05, 0) is 43.9 Å². The molecule has 1 aliphatic rings. The number of amides is 1. The van der Waals surface area contributed by atoms with Crippen LogP contribution in [-0.2, 0) is 4.74 Å². The van der Waals surface area contributed by atoms with Gasteiger partial charge >= 0.3 is 5.63 Å². The summed E-state index contributed by atoms with van der Waals surface area (Å²) in [4.78, 5) is 27.0. The standard InChI is InChI=1S/C22H25NO4/c1-3-23(13-7-11-17-9-5-4-6-10-17)21(24)20-16(2)15-19(27-22(20)25)18-12-8-14-26-18/h4-7,9-11,15,18H,3,8,12-14H2,1-2H3/b11-7+. The molecule has 5 nitrogen and oxygen atoms in total. The molecule has 142 valence electrons. The van der Waals surface area contributed by atoms with Crippen molar-refractivity contribution >= 4 is 12.0 Å². The summed E-state index contributed by atoms with van der Waals surface area (Å²) in [5.74, 6) is 0.207. The van der Waals surface area contributed by atoms with Gasteiger partial charge in [0.2, 0.25) is 0 Å². The quantitative estimate of drug-likeness (QED) is 0.775. The van der Waals surface area contributed by atoms with Crippen LogP contribution in [0.5, 0.6) is 0 Å². The van der Waals surface area contributed by atoms with E-state index in [1.165, 1.54) is 0 Å². The maximum absolute atomic E-state index is 12.9. The van der Waals surface area contributed by atoms with Gasteiger partial charge in [0.1, 0.15) is 17.4 Å². The van der Waals surface area contributed by atoms with E-state index in [9.17, 15) is 9.59 Å². The van der Waals surface area contributed by atoms with Gasteiger partial charge in [-0.25, -0.2) is 4.79 Å². The third-order valence-electron chi connectivity index (χ3n) is 4.73. The summed E-state index contributed by atoms with van der Waals surface area (Å²) in [6.45, 7) is 5.27. The molecule has 1 atom stereocenters. The zero-order chi connectivity index (χ0) is 19.2. The molecule has 2 heterocycles. The molecule has 1 amide bonds. The minimum absolute atomic E-state index is 0.103. The first kappa shape index (κ1) is 19.1. The van der Waals surface area contributed by atoms with Gasteiger partial charge in [0.25, 0.3) is 5.91 Å². The third kappa shape index (κ3) is 4.55. The van der Waals surface area contributed by atoms with Crippen LogP contribution in [0.25, 0.3) is 6.08 Å². The average molecular weight is 367 g/mol. The van der Waals surface area contributed by atoms with Crippen molar-refractivity contribution in [3.05, 3.63) is 75.3 Å². The van der Waals surface area contributed by atoms with Crippen molar-refractivity contribution in [1.29, 1.82) is 0 Å². The second kappa shape index (κ2) is 8.82. The molecule has 0 bridgehead atoms. The number of carbonyl (C=O) groups excluding carboxylic acids is 1. The largest absolute Gasteiger partial charge is 0.424 e. The zero-order valence-electron chi connectivity index (χ0n) is 15.8. The number of carbonyl (C=O) groups is 1. The van der Waals surface area contributed by atoms with E-state index in [0.29, 0.717) is 31.0 Å². The summed E-state index contributed by atoms with van der Waals surface area (Å²) in [6.07, 6.45) is 5.49. The molecule has 5 heteroatoms. The fourth-order valence-corrected chi connectivity index (χ4v) is 3.24. The zero-order valence-corrected chi connectivity index (χ0v) is 15.8. The second-order valence-corrected chi connectivity index (χ2v) is 6.65. The van der Waals surface area contributed by atoms with E-state index in [1.54, 1.807) is 17.9 Å². The van der Waals surface area contributed by atoms with E-state index in [2.05, 4.69) is 0 Å². The Balaban J connectivity index is 1.76. The molecule has 1 aromatic carbocycles. The average Bonchev–Trinajstić information content (AvgIpc) is 3.20. The molecule has 0 saturated carbocycles. The van der Waals surface area contributed by atoms with Gasteiger partial charge in [-0.3, -0.25) is 4.79 Å². The van der Waals surface area contributed by atoms with Crippen molar-refractivity contribution in [2.45, 2.75) is 32.8 Å². The minimum atomic E-state index is -0.587. The molecule has 1 aromatic heterocycles. The van der Waals surface area contributed by atoms with Crippen LogP contribution in [0.2, 0.25) is 0 Å². The summed E-state index contributed by atoms with van der Waals surface area (Å²) in [7, 11) is 0. The molecule has 0 radical (unpaired) electrons. The van der Waals surface area contributed by atoms with Crippen LogP contribution < -0.4 is 5.63 Å². The number of benzene rings is 1. The first-order chi connectivity index (χ1) is 13.1. The lowest BCUT2D eigenvalue weighted by molar-refractivity contribution is 0.0765. The number of hydrogen-bond acceptors (Lipinski definition) is 4. The van der Waals surface area contributed by atoms with Gasteiger partial charge in [-0.2, -0.15) is 0 Å². The van der Waals surface area contributed by atoms with E-state index >= 15 is 0 Å². The normalized spacial score (nSPS) is 16.7. The van der Waals surface area contributed by atoms with Crippen molar-refractivity contribution in [1.82, 2.24) is 4.90 Å². The predicted octanol–water partition coefficient (Wildman–Crippen LogP) is 3.98. The Morgan fingerprint density at radius 1 is 1.30 bits per heavy atom. The van der Waals surface area contributed by atoms with Crippen molar-refractivity contribution < 1.29 is 13.9 Å². The smallest absolute Gasteiger partial charge is 0.349 e. The Morgan fingerprint density at radius 3 is 2.70 bits per heavy atom. The maximum Gasteiger partial charge on any atom is 0.349 e. The van der Waals surface area contributed by atoms with Crippen LogP contribution in [0.15, 0.2) is 51.7 Å². The van der Waals surface area contributed by atoms with E-state index in [-0.39, 0.29) is 17.6 Å². The van der Waals surface area contributed by atoms with Crippen LogP contribution in [-0.4, -0.2) is 30.5 Å². The highest BCUT2D eigenvalue weighted by Crippen LogP contribution is 2.28. The van der Waals surface area contributed by atoms with Crippen molar-refractivity contribution in [3.63, 3.8) is 0 Å². The summed E-state index contributed by atoms with van der Waals surface area (Å²) in [5.41, 5.74) is 1.22. The Morgan fingerprint density at radius 2 is 2.07 bits per heavy atom. The van der Waals surface area contributed by atoms with E-state index in [4.69, 9.17) is 9.15 Å². The van der Waals surface area contributed by atoms with E-state index in [0.717, 1.165) is 18.4 Å². The summed E-state index contributed by atoms with van der Waals surface area (Å²) in [6, 6.07) is 11.6. The van der Waals surface area contributed by atoms with Crippen LogP contribution in [0.3, 0.4) is 0 Å². The molecule has 1 saturated heterocycles. The lowest BCUT2D eigenvalue weighted by Gasteiger charge is -2.20. The van der Waals surface area contributed by atoms with Gasteiger partial charge in [0.15, 0.2) is 0 Å². The summed E-state index contributed by atoms with van der Waals surface area (Å²) >= 11 is 0. The number of ether oxygens (including phenoxy) is 1. The van der Waals surface area contributed by atoms with Gasteiger partial charge < -0.3 is 14.1 Å². The number of aryl methyl sites for hydroxylation is 1.